The molecule has 3 aromatic carbocycles. The number of para-hydroxylation sites is 2. The van der Waals surface area contributed by atoms with E-state index in [0.717, 1.165) is 12.0 Å². The number of methoxy groups -OCH3 is 1. The summed E-state index contributed by atoms with van der Waals surface area (Å²) in [4.78, 5) is 12.5. The Balaban J connectivity index is 1.52. The number of rotatable bonds is 8. The van der Waals surface area contributed by atoms with E-state index in [1.54, 1.807) is 18.2 Å². The Morgan fingerprint density at radius 1 is 0.970 bits per heavy atom. The lowest BCUT2D eigenvalue weighted by molar-refractivity contribution is 0.0450. The molecular formula is C25H25NO6S. The standard InChI is InChI=1S/C25H25NO6S/c1-30-23-14-13-20(25(27)32-17-16-31-21-10-3-2-4-11-21)18-24(23)33(28,29)26-15-7-9-19-8-5-6-12-22(19)26/h2-6,8,10-14,18H,7,9,15-17H2,1H3. The molecule has 1 heterocycles. The minimum absolute atomic E-state index is 0.0291. The van der Waals surface area contributed by atoms with Gasteiger partial charge in [0, 0.05) is 6.54 Å². The minimum Gasteiger partial charge on any atom is -0.495 e. The lowest BCUT2D eigenvalue weighted by Crippen LogP contribution is -2.35. The van der Waals surface area contributed by atoms with Crippen LogP contribution < -0.4 is 13.8 Å². The van der Waals surface area contributed by atoms with Gasteiger partial charge in [-0.05, 0) is 54.8 Å². The molecule has 0 radical (unpaired) electrons. The second kappa shape index (κ2) is 9.95. The molecule has 0 saturated heterocycles. The quantitative estimate of drug-likeness (QED) is 0.367. The number of aryl methyl sites for hydroxylation is 1. The van der Waals surface area contributed by atoms with Crippen molar-refractivity contribution in [3.8, 4) is 11.5 Å². The fourth-order valence-electron chi connectivity index (χ4n) is 3.77. The maximum Gasteiger partial charge on any atom is 0.338 e. The molecule has 0 aliphatic carbocycles. The highest BCUT2D eigenvalue weighted by atomic mass is 32.2. The molecule has 0 N–H and O–H groups in total. The zero-order valence-electron chi connectivity index (χ0n) is 18.3. The average Bonchev–Trinajstić information content (AvgIpc) is 2.86. The van der Waals surface area contributed by atoms with E-state index in [4.69, 9.17) is 14.2 Å². The van der Waals surface area contributed by atoms with Gasteiger partial charge in [-0.1, -0.05) is 36.4 Å². The number of fused-ring (bicyclic) bond motifs is 1. The summed E-state index contributed by atoms with van der Waals surface area (Å²) in [6.45, 7) is 0.566. The summed E-state index contributed by atoms with van der Waals surface area (Å²) in [5.74, 6) is 0.208. The Kier molecular flexibility index (Phi) is 6.84. The normalized spacial score (nSPS) is 13.2. The Labute approximate surface area is 193 Å². The molecule has 33 heavy (non-hydrogen) atoms. The van der Waals surface area contributed by atoms with E-state index in [1.165, 1.54) is 29.6 Å². The topological polar surface area (TPSA) is 82.1 Å². The van der Waals surface area contributed by atoms with E-state index >= 15 is 0 Å². The number of esters is 1. The number of hydrogen-bond acceptors (Lipinski definition) is 6. The van der Waals surface area contributed by atoms with Crippen LogP contribution in [0.15, 0.2) is 77.7 Å². The van der Waals surface area contributed by atoms with Crippen LogP contribution in [0.2, 0.25) is 0 Å². The molecule has 0 atom stereocenters. The van der Waals surface area contributed by atoms with E-state index < -0.39 is 16.0 Å². The highest BCUT2D eigenvalue weighted by Crippen LogP contribution is 2.35. The van der Waals surface area contributed by atoms with Crippen LogP contribution in [0, 0.1) is 0 Å². The summed E-state index contributed by atoms with van der Waals surface area (Å²) in [6.07, 6.45) is 1.53. The molecule has 0 saturated carbocycles. The van der Waals surface area contributed by atoms with Gasteiger partial charge in [0.25, 0.3) is 10.0 Å². The third-order valence-corrected chi connectivity index (χ3v) is 7.20. The lowest BCUT2D eigenvalue weighted by atomic mass is 10.0. The van der Waals surface area contributed by atoms with Gasteiger partial charge < -0.3 is 14.2 Å². The van der Waals surface area contributed by atoms with Crippen LogP contribution in [-0.4, -0.2) is 41.3 Å². The van der Waals surface area contributed by atoms with Gasteiger partial charge in [0.1, 0.15) is 29.6 Å². The highest BCUT2D eigenvalue weighted by molar-refractivity contribution is 7.93. The fourth-order valence-corrected chi connectivity index (χ4v) is 5.49. The van der Waals surface area contributed by atoms with E-state index in [-0.39, 0.29) is 29.4 Å². The molecule has 0 unspecified atom stereocenters. The van der Waals surface area contributed by atoms with Gasteiger partial charge in [0.05, 0.1) is 18.4 Å². The van der Waals surface area contributed by atoms with Crippen LogP contribution in [-0.2, 0) is 21.2 Å². The van der Waals surface area contributed by atoms with E-state index in [9.17, 15) is 13.2 Å². The van der Waals surface area contributed by atoms with Crippen molar-refractivity contribution in [2.24, 2.45) is 0 Å². The van der Waals surface area contributed by atoms with Gasteiger partial charge >= 0.3 is 5.97 Å². The number of benzene rings is 3. The first-order valence-corrected chi connectivity index (χ1v) is 12.1. The Hall–Kier alpha value is -3.52. The second-order valence-corrected chi connectivity index (χ2v) is 9.30. The van der Waals surface area contributed by atoms with Crippen molar-refractivity contribution in [3.63, 3.8) is 0 Å². The van der Waals surface area contributed by atoms with Crippen LogP contribution in [0.1, 0.15) is 22.3 Å². The third kappa shape index (κ3) is 4.96. The molecule has 0 bridgehead atoms. The zero-order valence-corrected chi connectivity index (χ0v) is 19.1. The minimum atomic E-state index is -3.96. The molecular weight excluding hydrogens is 442 g/mol. The fraction of sp³-hybridized carbons (Fsp3) is 0.240. The van der Waals surface area contributed by atoms with Gasteiger partial charge in [-0.25, -0.2) is 13.2 Å². The van der Waals surface area contributed by atoms with Crippen molar-refractivity contribution in [1.29, 1.82) is 0 Å². The molecule has 0 fully saturated rings. The third-order valence-electron chi connectivity index (χ3n) is 5.36. The van der Waals surface area contributed by atoms with Gasteiger partial charge in [0.2, 0.25) is 0 Å². The van der Waals surface area contributed by atoms with Crippen molar-refractivity contribution >= 4 is 21.7 Å². The van der Waals surface area contributed by atoms with E-state index in [2.05, 4.69) is 0 Å². The molecule has 0 spiro atoms. The molecule has 3 aromatic rings. The number of hydrogen-bond donors (Lipinski definition) is 0. The number of carbonyl (C=O) groups is 1. The SMILES string of the molecule is COc1ccc(C(=O)OCCOc2ccccc2)cc1S(=O)(=O)N1CCCc2ccccc21. The second-order valence-electron chi connectivity index (χ2n) is 7.47. The van der Waals surface area contributed by atoms with Crippen molar-refractivity contribution < 1.29 is 27.4 Å². The predicted octanol–water partition coefficient (Wildman–Crippen LogP) is 4.07. The molecule has 1 aliphatic heterocycles. The van der Waals surface area contributed by atoms with Crippen molar-refractivity contribution in [3.05, 3.63) is 83.9 Å². The first-order chi connectivity index (χ1) is 16.0. The largest absolute Gasteiger partial charge is 0.495 e. The van der Waals surface area contributed by atoms with Crippen LogP contribution in [0.5, 0.6) is 11.5 Å². The highest BCUT2D eigenvalue weighted by Gasteiger charge is 2.32. The monoisotopic (exact) mass is 467 g/mol. The summed E-state index contributed by atoms with van der Waals surface area (Å²) in [7, 11) is -2.56. The Morgan fingerprint density at radius 3 is 2.52 bits per heavy atom. The van der Waals surface area contributed by atoms with Gasteiger partial charge in [0.15, 0.2) is 0 Å². The maximum atomic E-state index is 13.6. The lowest BCUT2D eigenvalue weighted by Gasteiger charge is -2.30. The smallest absolute Gasteiger partial charge is 0.338 e. The van der Waals surface area contributed by atoms with Gasteiger partial charge in [-0.3, -0.25) is 4.31 Å². The summed E-state index contributed by atoms with van der Waals surface area (Å²) >= 11 is 0. The van der Waals surface area contributed by atoms with Crippen molar-refractivity contribution in [2.75, 3.05) is 31.2 Å². The van der Waals surface area contributed by atoms with E-state index in [1.807, 2.05) is 36.4 Å². The number of nitrogens with zero attached hydrogens (tertiary/aromatic N) is 1. The van der Waals surface area contributed by atoms with Gasteiger partial charge in [-0.2, -0.15) is 0 Å². The molecule has 0 amide bonds. The van der Waals surface area contributed by atoms with Gasteiger partial charge in [-0.15, -0.1) is 0 Å². The maximum absolute atomic E-state index is 13.6. The molecule has 8 heteroatoms. The molecule has 4 rings (SSSR count). The summed E-state index contributed by atoms with van der Waals surface area (Å²) in [5, 5.41) is 0. The predicted molar refractivity (Wildman–Crippen MR) is 125 cm³/mol. The van der Waals surface area contributed by atoms with Crippen LogP contribution >= 0.6 is 0 Å². The first kappa shape index (κ1) is 22.7. The molecule has 172 valence electrons. The number of anilines is 1. The van der Waals surface area contributed by atoms with Crippen molar-refractivity contribution in [2.45, 2.75) is 17.7 Å². The number of sulfonamides is 1. The summed E-state index contributed by atoms with van der Waals surface area (Å²) < 4.78 is 44.7. The van der Waals surface area contributed by atoms with Crippen LogP contribution in [0.25, 0.3) is 0 Å². The number of carbonyl (C=O) groups excluding carboxylic acids is 1. The van der Waals surface area contributed by atoms with Crippen LogP contribution in [0.4, 0.5) is 5.69 Å². The number of ether oxygens (including phenoxy) is 3. The molecule has 0 aromatic heterocycles. The summed E-state index contributed by atoms with van der Waals surface area (Å²) in [5.41, 5.74) is 1.75. The Bertz CT molecular complexity index is 1230. The first-order valence-electron chi connectivity index (χ1n) is 10.6. The van der Waals surface area contributed by atoms with E-state index in [0.29, 0.717) is 24.4 Å². The summed E-state index contributed by atoms with van der Waals surface area (Å²) in [6, 6.07) is 20.9. The van der Waals surface area contributed by atoms with Crippen LogP contribution in [0.3, 0.4) is 0 Å². The molecule has 7 nitrogen and oxygen atoms in total. The zero-order chi connectivity index (χ0) is 23.3. The average molecular weight is 468 g/mol. The molecule has 1 aliphatic rings. The Morgan fingerprint density at radius 2 is 1.73 bits per heavy atom. The van der Waals surface area contributed by atoms with Crippen molar-refractivity contribution in [1.82, 2.24) is 0 Å².